The Morgan fingerprint density at radius 2 is 1.88 bits per heavy atom. The van der Waals surface area contributed by atoms with Crippen LogP contribution in [0.15, 0.2) is 29.8 Å². The van der Waals surface area contributed by atoms with E-state index in [0.717, 1.165) is 36.1 Å². The highest BCUT2D eigenvalue weighted by molar-refractivity contribution is 7.13. The molecule has 0 aliphatic carbocycles. The summed E-state index contributed by atoms with van der Waals surface area (Å²) in [6, 6.07) is 7.87. The molecule has 1 aromatic carbocycles. The van der Waals surface area contributed by atoms with Gasteiger partial charge in [0.05, 0.1) is 16.1 Å². The van der Waals surface area contributed by atoms with E-state index >= 15 is 0 Å². The van der Waals surface area contributed by atoms with E-state index in [9.17, 15) is 9.59 Å². The third kappa shape index (κ3) is 6.18. The highest BCUT2D eigenvalue weighted by Crippen LogP contribution is 2.33. The van der Waals surface area contributed by atoms with E-state index in [-0.39, 0.29) is 29.2 Å². The van der Waals surface area contributed by atoms with Crippen LogP contribution in [-0.4, -0.2) is 34.3 Å². The van der Waals surface area contributed by atoms with Crippen LogP contribution in [0, 0.1) is 18.3 Å². The second kappa shape index (κ2) is 11.6. The molecule has 1 N–H and O–H groups in total. The Morgan fingerprint density at radius 3 is 2.41 bits per heavy atom. The topological polar surface area (TPSA) is 62.3 Å². The molecule has 2 atom stereocenters. The highest BCUT2D eigenvalue weighted by atomic mass is 32.1. The van der Waals surface area contributed by atoms with Gasteiger partial charge in [0, 0.05) is 19.0 Å². The lowest BCUT2D eigenvalue weighted by molar-refractivity contribution is -0.144. The van der Waals surface area contributed by atoms with Crippen molar-refractivity contribution in [3.63, 3.8) is 0 Å². The van der Waals surface area contributed by atoms with Crippen molar-refractivity contribution in [3.8, 4) is 10.4 Å². The van der Waals surface area contributed by atoms with E-state index in [1.165, 1.54) is 4.88 Å². The Hall–Kier alpha value is -2.21. The second-order valence-corrected chi connectivity index (χ2v) is 10.1. The van der Waals surface area contributed by atoms with Gasteiger partial charge in [-0.05, 0) is 42.7 Å². The van der Waals surface area contributed by atoms with Gasteiger partial charge in [0.25, 0.3) is 0 Å². The summed E-state index contributed by atoms with van der Waals surface area (Å²) in [6.07, 6.45) is 2.41. The van der Waals surface area contributed by atoms with Crippen molar-refractivity contribution in [2.24, 2.45) is 11.3 Å². The minimum Gasteiger partial charge on any atom is -0.350 e. The van der Waals surface area contributed by atoms with Crippen molar-refractivity contribution in [2.75, 3.05) is 6.54 Å². The van der Waals surface area contributed by atoms with Crippen molar-refractivity contribution in [2.45, 2.75) is 80.3 Å². The minimum atomic E-state index is -0.354. The minimum absolute atomic E-state index is 0.0491. The van der Waals surface area contributed by atoms with E-state index in [2.05, 4.69) is 50.1 Å². The monoisotopic (exact) mass is 457 g/mol. The zero-order valence-electron chi connectivity index (χ0n) is 20.7. The molecular formula is C26H39N3O2S. The fourth-order valence-corrected chi connectivity index (χ4v) is 5.13. The lowest BCUT2D eigenvalue weighted by Crippen LogP contribution is -2.49. The molecule has 5 nitrogen and oxygen atoms in total. The quantitative estimate of drug-likeness (QED) is 0.594. The number of likely N-dealkylation sites (tertiary alicyclic amines) is 1. The molecule has 1 saturated heterocycles. The van der Waals surface area contributed by atoms with Crippen molar-refractivity contribution in [1.82, 2.24) is 15.2 Å². The summed E-state index contributed by atoms with van der Waals surface area (Å²) in [6.45, 7) is 15.5. The molecule has 6 heteroatoms. The maximum atomic E-state index is 13.1. The fourth-order valence-electron chi connectivity index (χ4n) is 4.32. The van der Waals surface area contributed by atoms with E-state index in [1.54, 1.807) is 11.3 Å². The maximum Gasteiger partial charge on any atom is 0.243 e. The Balaban J connectivity index is 0.00000176. The number of carbonyl (C=O) groups is 2. The standard InChI is InChI=1S/C24H33N3O2S.C2H6/c1-6-19(24(3,4)5)23(29)27-13-7-8-20(27)22(28)25-14-17-9-11-18(12-10-17)21-16(2)26-15-30-21;1-2/h9-12,15,19-20H,6-8,13-14H2,1-5H3,(H,25,28);1-2H3. The number of hydrogen-bond acceptors (Lipinski definition) is 4. The van der Waals surface area contributed by atoms with Crippen LogP contribution < -0.4 is 5.32 Å². The smallest absolute Gasteiger partial charge is 0.243 e. The van der Waals surface area contributed by atoms with E-state index < -0.39 is 0 Å². The highest BCUT2D eigenvalue weighted by Gasteiger charge is 2.40. The molecule has 2 amide bonds. The summed E-state index contributed by atoms with van der Waals surface area (Å²) in [7, 11) is 0. The van der Waals surface area contributed by atoms with Crippen LogP contribution in [0.1, 0.15) is 72.1 Å². The Kier molecular flexibility index (Phi) is 9.44. The summed E-state index contributed by atoms with van der Waals surface area (Å²) >= 11 is 1.63. The predicted molar refractivity (Wildman–Crippen MR) is 133 cm³/mol. The zero-order chi connectivity index (χ0) is 23.9. The number of carbonyl (C=O) groups excluding carboxylic acids is 2. The molecule has 1 aliphatic rings. The lowest BCUT2D eigenvalue weighted by atomic mass is 9.78. The summed E-state index contributed by atoms with van der Waals surface area (Å²) in [5.41, 5.74) is 4.98. The van der Waals surface area contributed by atoms with E-state index in [4.69, 9.17) is 0 Å². The Morgan fingerprint density at radius 1 is 1.22 bits per heavy atom. The normalized spacial score (nSPS) is 16.8. The summed E-state index contributed by atoms with van der Waals surface area (Å²) < 4.78 is 0. The van der Waals surface area contributed by atoms with E-state index in [1.807, 2.05) is 43.3 Å². The zero-order valence-corrected chi connectivity index (χ0v) is 21.5. The van der Waals surface area contributed by atoms with Crippen LogP contribution >= 0.6 is 11.3 Å². The van der Waals surface area contributed by atoms with Crippen LogP contribution in [0.5, 0.6) is 0 Å². The molecule has 0 radical (unpaired) electrons. The summed E-state index contributed by atoms with van der Waals surface area (Å²) in [5.74, 6) is 0.00700. The number of hydrogen-bond donors (Lipinski definition) is 1. The molecule has 2 unspecified atom stereocenters. The third-order valence-electron chi connectivity index (χ3n) is 6.02. The number of benzene rings is 1. The van der Waals surface area contributed by atoms with Crippen LogP contribution in [-0.2, 0) is 16.1 Å². The number of aryl methyl sites for hydroxylation is 1. The lowest BCUT2D eigenvalue weighted by Gasteiger charge is -2.34. The first kappa shape index (κ1) is 26.0. The van der Waals surface area contributed by atoms with Crippen molar-refractivity contribution >= 4 is 23.2 Å². The van der Waals surface area contributed by atoms with Crippen molar-refractivity contribution < 1.29 is 9.59 Å². The predicted octanol–water partition coefficient (Wildman–Crippen LogP) is 5.82. The molecule has 1 aliphatic heterocycles. The van der Waals surface area contributed by atoms with Crippen LogP contribution in [0.4, 0.5) is 0 Å². The first-order valence-electron chi connectivity index (χ1n) is 11.8. The van der Waals surface area contributed by atoms with Gasteiger partial charge in [-0.25, -0.2) is 4.98 Å². The average Bonchev–Trinajstić information content (AvgIpc) is 3.42. The third-order valence-corrected chi connectivity index (χ3v) is 7.00. The van der Waals surface area contributed by atoms with Crippen LogP contribution in [0.25, 0.3) is 10.4 Å². The van der Waals surface area contributed by atoms with Crippen LogP contribution in [0.3, 0.4) is 0 Å². The van der Waals surface area contributed by atoms with Gasteiger partial charge in [-0.2, -0.15) is 0 Å². The van der Waals surface area contributed by atoms with Gasteiger partial charge < -0.3 is 10.2 Å². The van der Waals surface area contributed by atoms with Gasteiger partial charge in [-0.1, -0.05) is 65.8 Å². The largest absolute Gasteiger partial charge is 0.350 e. The Labute approximate surface area is 197 Å². The number of nitrogens with zero attached hydrogens (tertiary/aromatic N) is 2. The van der Waals surface area contributed by atoms with Crippen molar-refractivity contribution in [3.05, 3.63) is 41.0 Å². The second-order valence-electron chi connectivity index (χ2n) is 9.20. The maximum absolute atomic E-state index is 13.1. The van der Waals surface area contributed by atoms with Crippen LogP contribution in [0.2, 0.25) is 0 Å². The van der Waals surface area contributed by atoms with Gasteiger partial charge in [0.1, 0.15) is 6.04 Å². The Bertz CT molecular complexity index is 883. The molecule has 1 aromatic heterocycles. The van der Waals surface area contributed by atoms with Gasteiger partial charge in [0.2, 0.25) is 11.8 Å². The molecule has 0 spiro atoms. The molecule has 0 saturated carbocycles. The molecule has 2 aromatic rings. The molecule has 3 rings (SSSR count). The number of aromatic nitrogens is 1. The molecular weight excluding hydrogens is 418 g/mol. The number of nitrogens with one attached hydrogen (secondary N) is 1. The van der Waals surface area contributed by atoms with Gasteiger partial charge in [-0.3, -0.25) is 9.59 Å². The van der Waals surface area contributed by atoms with E-state index in [0.29, 0.717) is 13.1 Å². The number of thiazole rings is 1. The fraction of sp³-hybridized carbons (Fsp3) is 0.577. The van der Waals surface area contributed by atoms with Gasteiger partial charge in [0.15, 0.2) is 0 Å². The molecule has 2 heterocycles. The first-order valence-corrected chi connectivity index (χ1v) is 12.7. The molecule has 176 valence electrons. The number of rotatable bonds is 6. The summed E-state index contributed by atoms with van der Waals surface area (Å²) in [5, 5.41) is 3.04. The molecule has 1 fully saturated rings. The molecule has 32 heavy (non-hydrogen) atoms. The first-order chi connectivity index (χ1) is 15.2. The molecule has 0 bridgehead atoms. The average molecular weight is 458 g/mol. The van der Waals surface area contributed by atoms with Crippen molar-refractivity contribution in [1.29, 1.82) is 0 Å². The van der Waals surface area contributed by atoms with Gasteiger partial charge in [-0.15, -0.1) is 11.3 Å². The SMILES string of the molecule is CC.CCC(C(=O)N1CCCC1C(=O)NCc1ccc(-c2scnc2C)cc1)C(C)(C)C. The summed E-state index contributed by atoms with van der Waals surface area (Å²) in [4.78, 5) is 33.3. The van der Waals surface area contributed by atoms with Gasteiger partial charge >= 0.3 is 0 Å². The number of amides is 2.